The van der Waals surface area contributed by atoms with Crippen LogP contribution in [-0.4, -0.2) is 44.3 Å². The molecule has 1 aromatic rings. The molecule has 1 atom stereocenters. The molecule has 22 heavy (non-hydrogen) atoms. The average Bonchev–Trinajstić information content (AvgIpc) is 2.78. The summed E-state index contributed by atoms with van der Waals surface area (Å²) in [5.41, 5.74) is 2.96. The molecular weight excluding hydrogens is 308 g/mol. The monoisotopic (exact) mass is 326 g/mol. The summed E-state index contributed by atoms with van der Waals surface area (Å²) < 4.78 is 27.5. The maximum atomic E-state index is 11.7. The van der Waals surface area contributed by atoms with Gasteiger partial charge in [-0.15, -0.1) is 0 Å². The number of phenolic OH excluding ortho intramolecular Hbond substituents is 1. The zero-order chi connectivity index (χ0) is 16.2. The SMILES string of the molecule is COc1ccc(/C=N\NC(=O)C[C@H]2CCS(=O)(=O)C2)cc1O. The van der Waals surface area contributed by atoms with Crippen LogP contribution in [0.25, 0.3) is 0 Å². The number of hydrogen-bond donors (Lipinski definition) is 2. The van der Waals surface area contributed by atoms with Crippen LogP contribution in [0.15, 0.2) is 23.3 Å². The fourth-order valence-electron chi connectivity index (χ4n) is 2.31. The van der Waals surface area contributed by atoms with Crippen molar-refractivity contribution in [3.8, 4) is 11.5 Å². The van der Waals surface area contributed by atoms with Crippen LogP contribution in [0.3, 0.4) is 0 Å². The van der Waals surface area contributed by atoms with Crippen LogP contribution in [-0.2, 0) is 14.6 Å². The highest BCUT2D eigenvalue weighted by Gasteiger charge is 2.29. The molecule has 0 unspecified atom stereocenters. The summed E-state index contributed by atoms with van der Waals surface area (Å²) in [6.07, 6.45) is 2.05. The number of nitrogens with zero attached hydrogens (tertiary/aromatic N) is 1. The van der Waals surface area contributed by atoms with Crippen molar-refractivity contribution in [3.63, 3.8) is 0 Å². The van der Waals surface area contributed by atoms with Crippen LogP contribution in [0.2, 0.25) is 0 Å². The number of nitrogens with one attached hydrogen (secondary N) is 1. The number of phenols is 1. The van der Waals surface area contributed by atoms with Crippen LogP contribution < -0.4 is 10.2 Å². The highest BCUT2D eigenvalue weighted by atomic mass is 32.2. The second-order valence-corrected chi connectivity index (χ2v) is 7.43. The van der Waals surface area contributed by atoms with Crippen molar-refractivity contribution >= 4 is 22.0 Å². The first kappa shape index (κ1) is 16.3. The lowest BCUT2D eigenvalue weighted by atomic mass is 10.1. The highest BCUT2D eigenvalue weighted by Crippen LogP contribution is 2.25. The van der Waals surface area contributed by atoms with Crippen LogP contribution in [0.5, 0.6) is 11.5 Å². The van der Waals surface area contributed by atoms with Gasteiger partial charge in [-0.3, -0.25) is 4.79 Å². The molecule has 1 aromatic carbocycles. The van der Waals surface area contributed by atoms with Crippen molar-refractivity contribution in [2.24, 2.45) is 11.0 Å². The van der Waals surface area contributed by atoms with E-state index in [1.807, 2.05) is 0 Å². The van der Waals surface area contributed by atoms with E-state index in [0.717, 1.165) is 0 Å². The zero-order valence-corrected chi connectivity index (χ0v) is 13.0. The van der Waals surface area contributed by atoms with Crippen LogP contribution in [0.4, 0.5) is 0 Å². The number of hydrogen-bond acceptors (Lipinski definition) is 6. The number of rotatable bonds is 5. The summed E-state index contributed by atoms with van der Waals surface area (Å²) in [5.74, 6) is 0.0920. The summed E-state index contributed by atoms with van der Waals surface area (Å²) >= 11 is 0. The van der Waals surface area contributed by atoms with Crippen molar-refractivity contribution in [3.05, 3.63) is 23.8 Å². The molecule has 0 aliphatic carbocycles. The molecule has 0 spiro atoms. The molecule has 0 saturated carbocycles. The van der Waals surface area contributed by atoms with Gasteiger partial charge in [-0.2, -0.15) is 5.10 Å². The van der Waals surface area contributed by atoms with E-state index in [2.05, 4.69) is 10.5 Å². The van der Waals surface area contributed by atoms with E-state index in [-0.39, 0.29) is 35.5 Å². The van der Waals surface area contributed by atoms with Gasteiger partial charge in [0.1, 0.15) is 0 Å². The lowest BCUT2D eigenvalue weighted by Crippen LogP contribution is -2.21. The number of sulfone groups is 1. The fraction of sp³-hybridized carbons (Fsp3) is 0.429. The minimum absolute atomic E-state index is 0.0195. The molecule has 1 aliphatic heterocycles. The lowest BCUT2D eigenvalue weighted by Gasteiger charge is -2.05. The molecule has 1 fully saturated rings. The van der Waals surface area contributed by atoms with Gasteiger partial charge in [0.25, 0.3) is 0 Å². The Morgan fingerprint density at radius 1 is 1.55 bits per heavy atom. The molecule has 1 amide bonds. The summed E-state index contributed by atoms with van der Waals surface area (Å²) in [6.45, 7) is 0. The van der Waals surface area contributed by atoms with Crippen molar-refractivity contribution < 1.29 is 23.1 Å². The normalized spacial score (nSPS) is 20.1. The molecule has 0 aromatic heterocycles. The molecule has 8 heteroatoms. The number of hydrazone groups is 1. The number of carbonyl (C=O) groups excluding carboxylic acids is 1. The molecule has 1 heterocycles. The molecule has 1 aliphatic rings. The number of ether oxygens (including phenoxy) is 1. The highest BCUT2D eigenvalue weighted by molar-refractivity contribution is 7.91. The summed E-state index contributed by atoms with van der Waals surface area (Å²) in [6, 6.07) is 4.72. The summed E-state index contributed by atoms with van der Waals surface area (Å²) in [5, 5.41) is 13.4. The molecular formula is C14H18N2O5S. The van der Waals surface area contributed by atoms with Gasteiger partial charge in [-0.25, -0.2) is 13.8 Å². The van der Waals surface area contributed by atoms with E-state index < -0.39 is 9.84 Å². The van der Waals surface area contributed by atoms with Crippen LogP contribution in [0.1, 0.15) is 18.4 Å². The van der Waals surface area contributed by atoms with Gasteiger partial charge in [0.05, 0.1) is 24.8 Å². The predicted octanol–water partition coefficient (Wildman–Crippen LogP) is 0.676. The third-order valence-corrected chi connectivity index (χ3v) is 5.24. The standard InChI is InChI=1S/C14H18N2O5S/c1-21-13-3-2-10(6-12(13)17)8-15-16-14(18)7-11-4-5-22(19,20)9-11/h2-3,6,8,11,17H,4-5,7,9H2,1H3,(H,16,18)/b15-8-/t11-/m1/s1. The maximum absolute atomic E-state index is 11.7. The molecule has 1 saturated heterocycles. The van der Waals surface area contributed by atoms with Crippen molar-refractivity contribution in [2.75, 3.05) is 18.6 Å². The van der Waals surface area contributed by atoms with Crippen LogP contribution in [0, 0.1) is 5.92 Å². The average molecular weight is 326 g/mol. The van der Waals surface area contributed by atoms with Crippen molar-refractivity contribution in [2.45, 2.75) is 12.8 Å². The molecule has 0 radical (unpaired) electrons. The lowest BCUT2D eigenvalue weighted by molar-refractivity contribution is -0.121. The maximum Gasteiger partial charge on any atom is 0.240 e. The third-order valence-electron chi connectivity index (χ3n) is 3.41. The van der Waals surface area contributed by atoms with E-state index in [9.17, 15) is 18.3 Å². The molecule has 7 nitrogen and oxygen atoms in total. The Morgan fingerprint density at radius 2 is 2.32 bits per heavy atom. The summed E-state index contributed by atoms with van der Waals surface area (Å²) in [4.78, 5) is 11.7. The number of aromatic hydroxyl groups is 1. The number of carbonyl (C=O) groups is 1. The molecule has 2 N–H and O–H groups in total. The Morgan fingerprint density at radius 3 is 2.91 bits per heavy atom. The Labute approximate surface area is 128 Å². The predicted molar refractivity (Wildman–Crippen MR) is 81.8 cm³/mol. The Balaban J connectivity index is 1.84. The van der Waals surface area contributed by atoms with Gasteiger partial charge in [0.2, 0.25) is 5.91 Å². The number of methoxy groups -OCH3 is 1. The largest absolute Gasteiger partial charge is 0.504 e. The van der Waals surface area contributed by atoms with Crippen LogP contribution >= 0.6 is 0 Å². The van der Waals surface area contributed by atoms with E-state index in [1.165, 1.54) is 19.4 Å². The van der Waals surface area contributed by atoms with E-state index in [4.69, 9.17) is 4.74 Å². The minimum Gasteiger partial charge on any atom is -0.504 e. The first-order valence-electron chi connectivity index (χ1n) is 6.79. The number of amides is 1. The second-order valence-electron chi connectivity index (χ2n) is 5.20. The smallest absolute Gasteiger partial charge is 0.240 e. The van der Waals surface area contributed by atoms with E-state index in [1.54, 1.807) is 12.1 Å². The first-order valence-corrected chi connectivity index (χ1v) is 8.61. The van der Waals surface area contributed by atoms with Gasteiger partial charge >= 0.3 is 0 Å². The van der Waals surface area contributed by atoms with Gasteiger partial charge in [0, 0.05) is 6.42 Å². The van der Waals surface area contributed by atoms with Gasteiger partial charge < -0.3 is 9.84 Å². The van der Waals surface area contributed by atoms with Crippen molar-refractivity contribution in [1.29, 1.82) is 0 Å². The Kier molecular flexibility index (Phi) is 5.02. The van der Waals surface area contributed by atoms with E-state index in [0.29, 0.717) is 17.7 Å². The number of benzene rings is 1. The third kappa shape index (κ3) is 4.45. The molecule has 120 valence electrons. The molecule has 2 rings (SSSR count). The molecule has 0 bridgehead atoms. The van der Waals surface area contributed by atoms with E-state index >= 15 is 0 Å². The minimum atomic E-state index is -2.97. The summed E-state index contributed by atoms with van der Waals surface area (Å²) in [7, 11) is -1.52. The Bertz CT molecular complexity index is 684. The van der Waals surface area contributed by atoms with Gasteiger partial charge in [0.15, 0.2) is 21.3 Å². The van der Waals surface area contributed by atoms with Gasteiger partial charge in [-0.05, 0) is 36.1 Å². The first-order chi connectivity index (χ1) is 10.4. The topological polar surface area (TPSA) is 105 Å². The zero-order valence-electron chi connectivity index (χ0n) is 12.2. The second kappa shape index (κ2) is 6.78. The fourth-order valence-corrected chi connectivity index (χ4v) is 4.17. The van der Waals surface area contributed by atoms with Crippen molar-refractivity contribution in [1.82, 2.24) is 5.43 Å². The Hall–Kier alpha value is -2.09. The quantitative estimate of drug-likeness (QED) is 0.611. The van der Waals surface area contributed by atoms with Gasteiger partial charge in [-0.1, -0.05) is 0 Å².